The number of anilines is 1. The van der Waals surface area contributed by atoms with E-state index in [4.69, 9.17) is 9.47 Å². The number of amides is 2. The van der Waals surface area contributed by atoms with Gasteiger partial charge in [-0.2, -0.15) is 5.26 Å². The summed E-state index contributed by atoms with van der Waals surface area (Å²) in [6.07, 6.45) is 0. The summed E-state index contributed by atoms with van der Waals surface area (Å²) < 4.78 is 11.4. The van der Waals surface area contributed by atoms with E-state index in [9.17, 15) is 19.6 Å². The summed E-state index contributed by atoms with van der Waals surface area (Å²) in [6.45, 7) is 2.18. The standard InChI is InChI=1S/C24H22BrN3O5S/c1-3-33-18-7-5-4-6-16(18)20-17(12-26)23(28-22(30)21(20)24(31)32-2)34-13-19(29)27-15-10-8-14(25)9-11-15/h4-11,20-21H,3,13H2,1-2H3,(H,27,29)(H,28,30)/t20-,21-/m1/s1. The number of methoxy groups -OCH3 is 1. The largest absolute Gasteiger partial charge is 0.494 e. The van der Waals surface area contributed by atoms with E-state index in [2.05, 4.69) is 32.6 Å². The highest BCUT2D eigenvalue weighted by atomic mass is 79.9. The Hall–Kier alpha value is -3.29. The minimum atomic E-state index is -1.28. The van der Waals surface area contributed by atoms with E-state index in [-0.39, 0.29) is 22.3 Å². The second-order valence-electron chi connectivity index (χ2n) is 7.14. The molecule has 8 nitrogen and oxygen atoms in total. The number of esters is 1. The normalized spacial score (nSPS) is 17.4. The lowest BCUT2D eigenvalue weighted by molar-refractivity contribution is -0.150. The van der Waals surface area contributed by atoms with Gasteiger partial charge in [-0.3, -0.25) is 14.4 Å². The molecule has 0 fully saturated rings. The van der Waals surface area contributed by atoms with Crippen molar-refractivity contribution in [3.8, 4) is 11.8 Å². The number of thioether (sulfide) groups is 1. The average Bonchev–Trinajstić information content (AvgIpc) is 2.84. The number of hydrogen-bond donors (Lipinski definition) is 2. The quantitative estimate of drug-likeness (QED) is 0.382. The zero-order chi connectivity index (χ0) is 24.7. The molecule has 1 aliphatic rings. The van der Waals surface area contributed by atoms with Crippen molar-refractivity contribution in [3.63, 3.8) is 0 Å². The van der Waals surface area contributed by atoms with E-state index in [0.29, 0.717) is 23.6 Å². The van der Waals surface area contributed by atoms with Gasteiger partial charge in [-0.15, -0.1) is 0 Å². The van der Waals surface area contributed by atoms with Crippen molar-refractivity contribution in [2.24, 2.45) is 5.92 Å². The molecule has 2 aromatic rings. The molecule has 0 aliphatic carbocycles. The highest BCUT2D eigenvalue weighted by Gasteiger charge is 2.45. The number of rotatable bonds is 8. The van der Waals surface area contributed by atoms with Crippen LogP contribution >= 0.6 is 27.7 Å². The molecule has 1 aliphatic heterocycles. The van der Waals surface area contributed by atoms with E-state index in [0.717, 1.165) is 16.2 Å². The number of allylic oxidation sites excluding steroid dienone is 1. The van der Waals surface area contributed by atoms with Crippen molar-refractivity contribution in [3.05, 3.63) is 69.2 Å². The highest BCUT2D eigenvalue weighted by molar-refractivity contribution is 9.10. The number of nitrogens with zero attached hydrogens (tertiary/aromatic N) is 1. The maximum Gasteiger partial charge on any atom is 0.319 e. The molecule has 2 atom stereocenters. The van der Waals surface area contributed by atoms with Gasteiger partial charge in [0, 0.05) is 21.6 Å². The number of carbonyl (C=O) groups is 3. The van der Waals surface area contributed by atoms with E-state index < -0.39 is 23.7 Å². The van der Waals surface area contributed by atoms with Crippen LogP contribution in [0.2, 0.25) is 0 Å². The number of carbonyl (C=O) groups excluding carboxylic acids is 3. The van der Waals surface area contributed by atoms with Crippen LogP contribution in [-0.2, 0) is 19.1 Å². The van der Waals surface area contributed by atoms with Gasteiger partial charge in [0.15, 0.2) is 0 Å². The summed E-state index contributed by atoms with van der Waals surface area (Å²) in [6, 6.07) is 16.2. The van der Waals surface area contributed by atoms with Crippen LogP contribution in [0.4, 0.5) is 5.69 Å². The minimum Gasteiger partial charge on any atom is -0.494 e. The molecular formula is C24H22BrN3O5S. The molecule has 0 spiro atoms. The molecule has 1 heterocycles. The molecule has 0 saturated heterocycles. The second kappa shape index (κ2) is 11.7. The minimum absolute atomic E-state index is 0.0560. The zero-order valence-electron chi connectivity index (χ0n) is 18.5. The van der Waals surface area contributed by atoms with Gasteiger partial charge in [0.25, 0.3) is 0 Å². The Kier molecular flexibility index (Phi) is 8.73. The van der Waals surface area contributed by atoms with Gasteiger partial charge in [-0.1, -0.05) is 45.9 Å². The maximum atomic E-state index is 13.0. The molecular weight excluding hydrogens is 522 g/mol. The first-order valence-electron chi connectivity index (χ1n) is 10.3. The number of ether oxygens (including phenoxy) is 2. The van der Waals surface area contributed by atoms with Gasteiger partial charge >= 0.3 is 5.97 Å². The Morgan fingerprint density at radius 3 is 2.56 bits per heavy atom. The average molecular weight is 544 g/mol. The van der Waals surface area contributed by atoms with E-state index in [1.165, 1.54) is 7.11 Å². The van der Waals surface area contributed by atoms with E-state index >= 15 is 0 Å². The Labute approximate surface area is 209 Å². The maximum absolute atomic E-state index is 13.0. The van der Waals surface area contributed by atoms with E-state index in [1.54, 1.807) is 48.5 Å². The van der Waals surface area contributed by atoms with Crippen LogP contribution in [0.3, 0.4) is 0 Å². The molecule has 176 valence electrons. The molecule has 0 aromatic heterocycles. The molecule has 10 heteroatoms. The first kappa shape index (κ1) is 25.3. The van der Waals surface area contributed by atoms with Crippen molar-refractivity contribution < 1.29 is 23.9 Å². The van der Waals surface area contributed by atoms with Gasteiger partial charge in [0.2, 0.25) is 11.8 Å². The predicted octanol–water partition coefficient (Wildman–Crippen LogP) is 3.96. The van der Waals surface area contributed by atoms with Crippen LogP contribution in [0.5, 0.6) is 5.75 Å². The third-order valence-electron chi connectivity index (χ3n) is 5.01. The zero-order valence-corrected chi connectivity index (χ0v) is 20.9. The number of benzene rings is 2. The predicted molar refractivity (Wildman–Crippen MR) is 132 cm³/mol. The summed E-state index contributed by atoms with van der Waals surface area (Å²) in [7, 11) is 1.19. The molecule has 0 radical (unpaired) electrons. The summed E-state index contributed by atoms with van der Waals surface area (Å²) >= 11 is 4.35. The molecule has 0 saturated carbocycles. The first-order chi connectivity index (χ1) is 16.4. The molecule has 0 unspecified atom stereocenters. The van der Waals surface area contributed by atoms with Crippen LogP contribution in [0, 0.1) is 17.2 Å². The summed E-state index contributed by atoms with van der Waals surface area (Å²) in [5.41, 5.74) is 1.29. The topological polar surface area (TPSA) is 118 Å². The van der Waals surface area contributed by atoms with Crippen molar-refractivity contribution in [2.75, 3.05) is 24.8 Å². The van der Waals surface area contributed by atoms with Crippen molar-refractivity contribution >= 4 is 51.2 Å². The van der Waals surface area contributed by atoms with E-state index in [1.807, 2.05) is 6.92 Å². The number of nitrogens with one attached hydrogen (secondary N) is 2. The first-order valence-corrected chi connectivity index (χ1v) is 12.1. The monoisotopic (exact) mass is 543 g/mol. The number of halogens is 1. The Balaban J connectivity index is 1.93. The number of hydrogen-bond acceptors (Lipinski definition) is 7. The summed E-state index contributed by atoms with van der Waals surface area (Å²) in [5, 5.41) is 15.6. The third kappa shape index (κ3) is 5.79. The second-order valence-corrected chi connectivity index (χ2v) is 9.04. The SMILES string of the molecule is CCOc1ccccc1[C@@H]1C(C#N)=C(SCC(=O)Nc2ccc(Br)cc2)NC(=O)[C@@H]1C(=O)OC. The molecule has 2 N–H and O–H groups in total. The summed E-state index contributed by atoms with van der Waals surface area (Å²) in [4.78, 5) is 38.0. The van der Waals surface area contributed by atoms with Crippen LogP contribution in [0.15, 0.2) is 63.6 Å². The smallest absolute Gasteiger partial charge is 0.319 e. The fourth-order valence-corrected chi connectivity index (χ4v) is 4.66. The third-order valence-corrected chi connectivity index (χ3v) is 6.56. The van der Waals surface area contributed by atoms with Gasteiger partial charge in [0.05, 0.1) is 36.1 Å². The molecule has 0 bridgehead atoms. The van der Waals surface area contributed by atoms with Gasteiger partial charge < -0.3 is 20.1 Å². The fraction of sp³-hybridized carbons (Fsp3) is 0.250. The van der Waals surface area contributed by atoms with Crippen LogP contribution in [-0.4, -0.2) is 37.3 Å². The summed E-state index contributed by atoms with van der Waals surface area (Å²) in [5.74, 6) is -3.49. The van der Waals surface area contributed by atoms with Crippen LogP contribution < -0.4 is 15.4 Å². The molecule has 2 aromatic carbocycles. The van der Waals surface area contributed by atoms with Gasteiger partial charge in [0.1, 0.15) is 11.7 Å². The highest BCUT2D eigenvalue weighted by Crippen LogP contribution is 2.43. The lowest BCUT2D eigenvalue weighted by Gasteiger charge is -2.31. The van der Waals surface area contributed by atoms with Gasteiger partial charge in [-0.25, -0.2) is 0 Å². The van der Waals surface area contributed by atoms with Gasteiger partial charge in [-0.05, 0) is 37.3 Å². The molecule has 34 heavy (non-hydrogen) atoms. The fourth-order valence-electron chi connectivity index (χ4n) is 3.55. The lowest BCUT2D eigenvalue weighted by atomic mass is 9.78. The molecule has 3 rings (SSSR count). The molecule has 2 amide bonds. The Bertz CT molecular complexity index is 1160. The number of nitriles is 1. The van der Waals surface area contributed by atoms with Crippen LogP contribution in [0.25, 0.3) is 0 Å². The van der Waals surface area contributed by atoms with Crippen molar-refractivity contribution in [2.45, 2.75) is 12.8 Å². The number of para-hydroxylation sites is 1. The van der Waals surface area contributed by atoms with Crippen LogP contribution in [0.1, 0.15) is 18.4 Å². The van der Waals surface area contributed by atoms with Crippen molar-refractivity contribution in [1.82, 2.24) is 5.32 Å². The Morgan fingerprint density at radius 1 is 1.21 bits per heavy atom. The lowest BCUT2D eigenvalue weighted by Crippen LogP contribution is -2.44. The van der Waals surface area contributed by atoms with Crippen molar-refractivity contribution in [1.29, 1.82) is 5.26 Å². The Morgan fingerprint density at radius 2 is 1.91 bits per heavy atom.